The number of fused-ring (bicyclic) bond motifs is 1. The number of nitrogens with zero attached hydrogens (tertiary/aromatic N) is 1. The van der Waals surface area contributed by atoms with Gasteiger partial charge in [0, 0.05) is 29.2 Å². The topological polar surface area (TPSA) is 74.4 Å². The van der Waals surface area contributed by atoms with Crippen molar-refractivity contribution in [1.29, 1.82) is 0 Å². The molecule has 138 valence electrons. The third-order valence-electron chi connectivity index (χ3n) is 5.46. The van der Waals surface area contributed by atoms with Gasteiger partial charge in [0.05, 0.1) is 18.7 Å². The van der Waals surface area contributed by atoms with Crippen LogP contribution in [0.2, 0.25) is 0 Å². The summed E-state index contributed by atoms with van der Waals surface area (Å²) in [5, 5.41) is 4.00. The zero-order chi connectivity index (χ0) is 18.1. The minimum absolute atomic E-state index is 0.0399. The number of amides is 2. The highest BCUT2D eigenvalue weighted by molar-refractivity contribution is 6.08. The highest BCUT2D eigenvalue weighted by atomic mass is 16.5. The first-order valence-corrected chi connectivity index (χ1v) is 9.42. The average molecular weight is 355 g/mol. The Labute approximate surface area is 152 Å². The summed E-state index contributed by atoms with van der Waals surface area (Å²) in [4.78, 5) is 30.6. The average Bonchev–Trinajstić information content (AvgIpc) is 3.27. The number of carbonyl (C=O) groups is 2. The number of aromatic nitrogens is 1. The second kappa shape index (κ2) is 7.11. The van der Waals surface area contributed by atoms with Crippen molar-refractivity contribution in [1.82, 2.24) is 15.2 Å². The largest absolute Gasteiger partial charge is 0.365 e. The van der Waals surface area contributed by atoms with Gasteiger partial charge in [-0.2, -0.15) is 0 Å². The summed E-state index contributed by atoms with van der Waals surface area (Å²) in [6, 6.07) is 8.06. The van der Waals surface area contributed by atoms with E-state index >= 15 is 0 Å². The molecule has 1 atom stereocenters. The van der Waals surface area contributed by atoms with E-state index < -0.39 is 6.10 Å². The van der Waals surface area contributed by atoms with E-state index in [4.69, 9.17) is 4.74 Å². The molecular formula is C20H25N3O3. The smallest absolute Gasteiger partial charge is 0.256 e. The predicted molar refractivity (Wildman–Crippen MR) is 99.1 cm³/mol. The number of nitrogens with one attached hydrogen (secondary N) is 2. The van der Waals surface area contributed by atoms with Crippen LogP contribution in [0.25, 0.3) is 10.9 Å². The van der Waals surface area contributed by atoms with Crippen molar-refractivity contribution in [2.24, 2.45) is 0 Å². The van der Waals surface area contributed by atoms with Gasteiger partial charge in [0.25, 0.3) is 11.8 Å². The Morgan fingerprint density at radius 2 is 2.00 bits per heavy atom. The molecule has 6 heteroatoms. The molecule has 1 aliphatic heterocycles. The number of aryl methyl sites for hydroxylation is 1. The molecule has 0 spiro atoms. The molecule has 0 radical (unpaired) electrons. The Kier molecular flexibility index (Phi) is 4.68. The summed E-state index contributed by atoms with van der Waals surface area (Å²) in [5.74, 6) is -0.132. The fourth-order valence-electron chi connectivity index (χ4n) is 4.07. The molecule has 4 rings (SSSR count). The van der Waals surface area contributed by atoms with Gasteiger partial charge in [-0.3, -0.25) is 9.59 Å². The number of carbonyl (C=O) groups excluding carboxylic acids is 2. The van der Waals surface area contributed by atoms with Crippen LogP contribution in [0.15, 0.2) is 24.3 Å². The molecule has 1 aromatic carbocycles. The van der Waals surface area contributed by atoms with Crippen molar-refractivity contribution in [3.8, 4) is 0 Å². The Morgan fingerprint density at radius 3 is 2.81 bits per heavy atom. The van der Waals surface area contributed by atoms with Gasteiger partial charge in [-0.15, -0.1) is 0 Å². The van der Waals surface area contributed by atoms with Crippen molar-refractivity contribution in [3.63, 3.8) is 0 Å². The summed E-state index contributed by atoms with van der Waals surface area (Å²) < 4.78 is 5.65. The zero-order valence-electron chi connectivity index (χ0n) is 15.1. The minimum Gasteiger partial charge on any atom is -0.365 e. The van der Waals surface area contributed by atoms with E-state index in [0.29, 0.717) is 25.3 Å². The molecule has 1 aliphatic carbocycles. The Bertz CT molecular complexity index is 823. The van der Waals surface area contributed by atoms with Crippen LogP contribution in [0.5, 0.6) is 0 Å². The molecule has 26 heavy (non-hydrogen) atoms. The summed E-state index contributed by atoms with van der Waals surface area (Å²) >= 11 is 0. The van der Waals surface area contributed by atoms with E-state index in [1.807, 2.05) is 31.2 Å². The minimum atomic E-state index is -0.584. The predicted octanol–water partition coefficient (Wildman–Crippen LogP) is 2.38. The van der Waals surface area contributed by atoms with Crippen LogP contribution in [-0.2, 0) is 9.53 Å². The van der Waals surface area contributed by atoms with Crippen LogP contribution < -0.4 is 5.32 Å². The van der Waals surface area contributed by atoms with Crippen molar-refractivity contribution < 1.29 is 14.3 Å². The molecule has 2 aliphatic rings. The molecule has 2 aromatic rings. The van der Waals surface area contributed by atoms with Crippen molar-refractivity contribution >= 4 is 22.7 Å². The third-order valence-corrected chi connectivity index (χ3v) is 5.46. The Hall–Kier alpha value is -2.34. The van der Waals surface area contributed by atoms with Gasteiger partial charge in [0.2, 0.25) is 0 Å². The first-order chi connectivity index (χ1) is 12.6. The summed E-state index contributed by atoms with van der Waals surface area (Å²) in [6.45, 7) is 3.11. The zero-order valence-corrected chi connectivity index (χ0v) is 15.1. The summed E-state index contributed by atoms with van der Waals surface area (Å²) in [7, 11) is 0. The van der Waals surface area contributed by atoms with Crippen molar-refractivity contribution in [2.45, 2.75) is 44.8 Å². The fraction of sp³-hybridized carbons (Fsp3) is 0.500. The third kappa shape index (κ3) is 3.21. The Morgan fingerprint density at radius 1 is 1.23 bits per heavy atom. The van der Waals surface area contributed by atoms with Crippen molar-refractivity contribution in [3.05, 3.63) is 35.5 Å². The van der Waals surface area contributed by atoms with Gasteiger partial charge in [-0.1, -0.05) is 31.0 Å². The molecule has 1 aromatic heterocycles. The van der Waals surface area contributed by atoms with E-state index in [9.17, 15) is 9.59 Å². The van der Waals surface area contributed by atoms with Gasteiger partial charge in [-0.25, -0.2) is 0 Å². The Balaban J connectivity index is 1.49. The number of benzene rings is 1. The summed E-state index contributed by atoms with van der Waals surface area (Å²) in [5.41, 5.74) is 2.50. The van der Waals surface area contributed by atoms with Crippen molar-refractivity contribution in [2.75, 3.05) is 19.7 Å². The van der Waals surface area contributed by atoms with E-state index in [-0.39, 0.29) is 17.9 Å². The molecule has 2 heterocycles. The van der Waals surface area contributed by atoms with Crippen LogP contribution in [0, 0.1) is 6.92 Å². The van der Waals surface area contributed by atoms with Crippen LogP contribution in [0.3, 0.4) is 0 Å². The number of H-pyrrole nitrogens is 1. The molecule has 2 fully saturated rings. The normalized spacial score (nSPS) is 21.3. The van der Waals surface area contributed by atoms with E-state index in [1.165, 1.54) is 12.8 Å². The van der Waals surface area contributed by atoms with E-state index in [2.05, 4.69) is 10.3 Å². The second-order valence-electron chi connectivity index (χ2n) is 7.27. The van der Waals surface area contributed by atoms with Gasteiger partial charge >= 0.3 is 0 Å². The van der Waals surface area contributed by atoms with Crippen LogP contribution >= 0.6 is 0 Å². The number of hydrogen-bond acceptors (Lipinski definition) is 3. The molecule has 2 N–H and O–H groups in total. The number of para-hydroxylation sites is 1. The fourth-order valence-corrected chi connectivity index (χ4v) is 4.07. The van der Waals surface area contributed by atoms with Crippen LogP contribution in [0.4, 0.5) is 0 Å². The number of hydrogen-bond donors (Lipinski definition) is 2. The molecule has 6 nitrogen and oxygen atoms in total. The van der Waals surface area contributed by atoms with Gasteiger partial charge in [0.15, 0.2) is 6.10 Å². The number of ether oxygens (including phenoxy) is 1. The lowest BCUT2D eigenvalue weighted by Crippen LogP contribution is -2.53. The summed E-state index contributed by atoms with van der Waals surface area (Å²) in [6.07, 6.45) is 3.83. The maximum Gasteiger partial charge on any atom is 0.256 e. The van der Waals surface area contributed by atoms with Gasteiger partial charge in [0.1, 0.15) is 0 Å². The first-order valence-electron chi connectivity index (χ1n) is 9.42. The molecule has 1 saturated heterocycles. The molecule has 2 amide bonds. The van der Waals surface area contributed by atoms with Gasteiger partial charge in [-0.05, 0) is 25.8 Å². The number of rotatable bonds is 3. The van der Waals surface area contributed by atoms with E-state index in [0.717, 1.165) is 29.4 Å². The maximum absolute atomic E-state index is 13.1. The number of aromatic amines is 1. The second-order valence-corrected chi connectivity index (χ2v) is 7.27. The molecule has 1 unspecified atom stereocenters. The molecule has 1 saturated carbocycles. The number of morpholine rings is 1. The molecule has 0 bridgehead atoms. The lowest BCUT2D eigenvalue weighted by molar-refractivity contribution is -0.137. The maximum atomic E-state index is 13.1. The first kappa shape index (κ1) is 17.1. The van der Waals surface area contributed by atoms with E-state index in [1.54, 1.807) is 4.90 Å². The lowest BCUT2D eigenvalue weighted by atomic mass is 10.1. The highest BCUT2D eigenvalue weighted by Crippen LogP contribution is 2.24. The lowest BCUT2D eigenvalue weighted by Gasteiger charge is -2.33. The molecular weight excluding hydrogens is 330 g/mol. The monoisotopic (exact) mass is 355 g/mol. The quantitative estimate of drug-likeness (QED) is 0.888. The van der Waals surface area contributed by atoms with Gasteiger partial charge < -0.3 is 19.9 Å². The van der Waals surface area contributed by atoms with Crippen LogP contribution in [-0.4, -0.2) is 53.5 Å². The van der Waals surface area contributed by atoms with Crippen LogP contribution in [0.1, 0.15) is 41.7 Å². The highest BCUT2D eigenvalue weighted by Gasteiger charge is 2.32. The standard InChI is InChI=1S/C20H25N3O3/c1-13-18(15-8-4-5-9-16(15)21-13)20(25)23-10-11-26-17(12-23)19(24)22-14-6-2-3-7-14/h4-5,8-9,14,17,21H,2-3,6-7,10-12H2,1H3,(H,22,24). The SMILES string of the molecule is Cc1[nH]c2ccccc2c1C(=O)N1CCOC(C(=O)NC2CCCC2)C1.